The standard InChI is InChI=1S/C29H35N3O7S/c1-29(2,3)21-10-8-20(9-11-21)18-30-31-28(33)19-32(24-16-22(36-4)12-14-25(24)37-5)40(34,35)23-13-15-26(38-6)27(17-23)39-7/h8-18H,19H2,1-7H3,(H,31,33)/b30-18-. The van der Waals surface area contributed by atoms with Gasteiger partial charge in [0.05, 0.1) is 45.2 Å². The lowest BCUT2D eigenvalue weighted by molar-refractivity contribution is -0.119. The Morgan fingerprint density at radius 2 is 1.48 bits per heavy atom. The molecular formula is C29H35N3O7S. The van der Waals surface area contributed by atoms with E-state index in [1.165, 1.54) is 58.9 Å². The van der Waals surface area contributed by atoms with Gasteiger partial charge < -0.3 is 18.9 Å². The number of hydrazone groups is 1. The van der Waals surface area contributed by atoms with Crippen molar-refractivity contribution in [2.45, 2.75) is 31.1 Å². The molecule has 0 aliphatic heterocycles. The molecule has 0 fully saturated rings. The van der Waals surface area contributed by atoms with E-state index in [0.29, 0.717) is 11.5 Å². The lowest BCUT2D eigenvalue weighted by atomic mass is 9.87. The maximum absolute atomic E-state index is 13.9. The molecule has 0 aliphatic carbocycles. The first kappa shape index (κ1) is 30.3. The van der Waals surface area contributed by atoms with Crippen LogP contribution in [0.25, 0.3) is 0 Å². The van der Waals surface area contributed by atoms with Gasteiger partial charge >= 0.3 is 0 Å². The van der Waals surface area contributed by atoms with Crippen molar-refractivity contribution in [1.82, 2.24) is 5.43 Å². The lowest BCUT2D eigenvalue weighted by Crippen LogP contribution is -2.39. The summed E-state index contributed by atoms with van der Waals surface area (Å²) >= 11 is 0. The normalized spacial score (nSPS) is 11.7. The van der Waals surface area contributed by atoms with Gasteiger partial charge in [-0.2, -0.15) is 5.10 Å². The van der Waals surface area contributed by atoms with Crippen molar-refractivity contribution in [2.24, 2.45) is 5.10 Å². The molecule has 0 bridgehead atoms. The van der Waals surface area contributed by atoms with Crippen LogP contribution in [0.2, 0.25) is 0 Å². The minimum absolute atomic E-state index is 0.00786. The summed E-state index contributed by atoms with van der Waals surface area (Å²) in [6.07, 6.45) is 1.49. The highest BCUT2D eigenvalue weighted by atomic mass is 32.2. The molecule has 40 heavy (non-hydrogen) atoms. The van der Waals surface area contributed by atoms with Crippen molar-refractivity contribution in [3.8, 4) is 23.0 Å². The zero-order valence-electron chi connectivity index (χ0n) is 23.7. The second kappa shape index (κ2) is 12.7. The van der Waals surface area contributed by atoms with E-state index in [-0.39, 0.29) is 27.5 Å². The third kappa shape index (κ3) is 7.03. The number of rotatable bonds is 11. The number of carbonyl (C=O) groups is 1. The molecule has 0 aromatic heterocycles. The van der Waals surface area contributed by atoms with E-state index < -0.39 is 22.5 Å². The largest absolute Gasteiger partial charge is 0.497 e. The van der Waals surface area contributed by atoms with Crippen LogP contribution in [0.5, 0.6) is 23.0 Å². The summed E-state index contributed by atoms with van der Waals surface area (Å²) in [6.45, 7) is 5.76. The molecule has 10 nitrogen and oxygen atoms in total. The van der Waals surface area contributed by atoms with Crippen LogP contribution >= 0.6 is 0 Å². The minimum Gasteiger partial charge on any atom is -0.497 e. The highest BCUT2D eigenvalue weighted by Crippen LogP contribution is 2.37. The van der Waals surface area contributed by atoms with Gasteiger partial charge in [-0.3, -0.25) is 9.10 Å². The van der Waals surface area contributed by atoms with E-state index in [1.807, 2.05) is 24.3 Å². The number of methoxy groups -OCH3 is 4. The van der Waals surface area contributed by atoms with Crippen molar-refractivity contribution in [3.63, 3.8) is 0 Å². The Bertz CT molecular complexity index is 1460. The topological polar surface area (TPSA) is 116 Å². The second-order valence-corrected chi connectivity index (χ2v) is 11.6. The highest BCUT2D eigenvalue weighted by Gasteiger charge is 2.31. The molecule has 3 aromatic carbocycles. The van der Waals surface area contributed by atoms with Crippen LogP contribution in [0.15, 0.2) is 70.7 Å². The van der Waals surface area contributed by atoms with Crippen LogP contribution in [-0.2, 0) is 20.2 Å². The first-order valence-corrected chi connectivity index (χ1v) is 13.8. The first-order chi connectivity index (χ1) is 18.9. The lowest BCUT2D eigenvalue weighted by Gasteiger charge is -2.26. The third-order valence-electron chi connectivity index (χ3n) is 6.06. The van der Waals surface area contributed by atoms with Crippen molar-refractivity contribution in [3.05, 3.63) is 71.8 Å². The van der Waals surface area contributed by atoms with Crippen molar-refractivity contribution >= 4 is 27.8 Å². The van der Waals surface area contributed by atoms with Gasteiger partial charge in [-0.15, -0.1) is 0 Å². The van der Waals surface area contributed by atoms with Crippen molar-refractivity contribution in [1.29, 1.82) is 0 Å². The van der Waals surface area contributed by atoms with Crippen LogP contribution in [0, 0.1) is 0 Å². The molecule has 3 rings (SSSR count). The molecule has 11 heteroatoms. The average molecular weight is 570 g/mol. The average Bonchev–Trinajstić information content (AvgIpc) is 2.94. The minimum atomic E-state index is -4.31. The number of ether oxygens (including phenoxy) is 4. The molecular weight excluding hydrogens is 534 g/mol. The van der Waals surface area contributed by atoms with E-state index in [1.54, 1.807) is 12.1 Å². The summed E-state index contributed by atoms with van der Waals surface area (Å²) < 4.78 is 50.0. The van der Waals surface area contributed by atoms with E-state index in [9.17, 15) is 13.2 Å². The molecule has 0 atom stereocenters. The SMILES string of the molecule is COc1ccc(OC)c(N(CC(=O)N/N=C\c2ccc(C(C)(C)C)cc2)S(=O)(=O)c2ccc(OC)c(OC)c2)c1. The summed E-state index contributed by atoms with van der Waals surface area (Å²) in [7, 11) is 1.40. The van der Waals surface area contributed by atoms with Gasteiger partial charge in [0, 0.05) is 12.1 Å². The van der Waals surface area contributed by atoms with E-state index in [2.05, 4.69) is 31.3 Å². The summed E-state index contributed by atoms with van der Waals surface area (Å²) in [5.41, 5.74) is 4.47. The maximum Gasteiger partial charge on any atom is 0.265 e. The predicted molar refractivity (Wildman–Crippen MR) is 155 cm³/mol. The number of carbonyl (C=O) groups excluding carboxylic acids is 1. The van der Waals surface area contributed by atoms with Crippen LogP contribution in [0.3, 0.4) is 0 Å². The molecule has 1 amide bonds. The number of hydrogen-bond acceptors (Lipinski definition) is 8. The van der Waals surface area contributed by atoms with Crippen LogP contribution in [0.4, 0.5) is 5.69 Å². The summed E-state index contributed by atoms with van der Waals surface area (Å²) in [6, 6.07) is 16.6. The number of amides is 1. The smallest absolute Gasteiger partial charge is 0.265 e. The molecule has 214 valence electrons. The van der Waals surface area contributed by atoms with E-state index >= 15 is 0 Å². The van der Waals surface area contributed by atoms with Gasteiger partial charge in [-0.25, -0.2) is 13.8 Å². The van der Waals surface area contributed by atoms with E-state index in [4.69, 9.17) is 18.9 Å². The summed E-state index contributed by atoms with van der Waals surface area (Å²) in [5, 5.41) is 4.02. The zero-order chi connectivity index (χ0) is 29.5. The molecule has 0 aliphatic rings. The highest BCUT2D eigenvalue weighted by molar-refractivity contribution is 7.92. The van der Waals surface area contributed by atoms with Crippen LogP contribution < -0.4 is 28.7 Å². The van der Waals surface area contributed by atoms with Gasteiger partial charge in [0.15, 0.2) is 11.5 Å². The summed E-state index contributed by atoms with van der Waals surface area (Å²) in [4.78, 5) is 12.9. The Morgan fingerprint density at radius 3 is 2.05 bits per heavy atom. The molecule has 0 unspecified atom stereocenters. The van der Waals surface area contributed by atoms with Gasteiger partial charge in [0.2, 0.25) is 0 Å². The Balaban J connectivity index is 1.95. The van der Waals surface area contributed by atoms with Gasteiger partial charge in [-0.1, -0.05) is 45.0 Å². The summed E-state index contributed by atoms with van der Waals surface area (Å²) in [5.74, 6) is 0.499. The number of anilines is 1. The van der Waals surface area contributed by atoms with Crippen LogP contribution in [0.1, 0.15) is 31.9 Å². The number of hydrogen-bond donors (Lipinski definition) is 1. The van der Waals surface area contributed by atoms with Crippen molar-refractivity contribution < 1.29 is 32.2 Å². The van der Waals surface area contributed by atoms with Crippen LogP contribution in [-0.4, -0.2) is 55.5 Å². The van der Waals surface area contributed by atoms with Crippen molar-refractivity contribution in [2.75, 3.05) is 39.3 Å². The Hall–Kier alpha value is -4.25. The molecule has 0 spiro atoms. The fourth-order valence-corrected chi connectivity index (χ4v) is 5.25. The zero-order valence-corrected chi connectivity index (χ0v) is 24.5. The fourth-order valence-electron chi connectivity index (χ4n) is 3.81. The Kier molecular flexibility index (Phi) is 9.65. The molecule has 0 saturated carbocycles. The fraction of sp³-hybridized carbons (Fsp3) is 0.310. The Morgan fingerprint density at radius 1 is 0.850 bits per heavy atom. The maximum atomic E-state index is 13.9. The van der Waals surface area contributed by atoms with E-state index in [0.717, 1.165) is 15.4 Å². The van der Waals surface area contributed by atoms with Gasteiger partial charge in [0.1, 0.15) is 18.0 Å². The van der Waals surface area contributed by atoms with Gasteiger partial charge in [0.25, 0.3) is 15.9 Å². The monoisotopic (exact) mass is 569 g/mol. The van der Waals surface area contributed by atoms with Gasteiger partial charge in [-0.05, 0) is 40.8 Å². The molecule has 3 aromatic rings. The second-order valence-electron chi connectivity index (χ2n) is 9.73. The quantitative estimate of drug-likeness (QED) is 0.269. The molecule has 0 saturated heterocycles. The number of benzene rings is 3. The molecule has 0 heterocycles. The number of nitrogens with one attached hydrogen (secondary N) is 1. The number of nitrogens with zero attached hydrogens (tertiary/aromatic N) is 2. The molecule has 1 N–H and O–H groups in total. The Labute approximate surface area is 235 Å². The predicted octanol–water partition coefficient (Wildman–Crippen LogP) is 4.36. The number of sulfonamides is 1. The first-order valence-electron chi connectivity index (χ1n) is 12.3. The molecule has 0 radical (unpaired) electrons. The third-order valence-corrected chi connectivity index (χ3v) is 7.82.